The van der Waals surface area contributed by atoms with E-state index in [1.807, 2.05) is 11.3 Å². The van der Waals surface area contributed by atoms with E-state index in [1.165, 1.54) is 29.1 Å². The summed E-state index contributed by atoms with van der Waals surface area (Å²) in [4.78, 5) is 6.07. The zero-order chi connectivity index (χ0) is 13.5. The van der Waals surface area contributed by atoms with Crippen LogP contribution in [0.4, 0.5) is 0 Å². The molecule has 104 valence electrons. The van der Waals surface area contributed by atoms with Crippen LogP contribution in [0.2, 0.25) is 0 Å². The predicted molar refractivity (Wildman–Crippen MR) is 85.3 cm³/mol. The van der Waals surface area contributed by atoms with Gasteiger partial charge in [0.1, 0.15) is 0 Å². The van der Waals surface area contributed by atoms with Gasteiger partial charge in [0.05, 0.1) is 5.01 Å². The fraction of sp³-hybridized carbons (Fsp3) is 0.533. The van der Waals surface area contributed by atoms with Crippen molar-refractivity contribution in [3.05, 3.63) is 38.5 Å². The molecule has 4 heteroatoms. The Balaban J connectivity index is 1.87. The van der Waals surface area contributed by atoms with E-state index in [4.69, 9.17) is 0 Å². The van der Waals surface area contributed by atoms with Crippen LogP contribution in [0.5, 0.6) is 0 Å². The zero-order valence-corrected chi connectivity index (χ0v) is 13.3. The van der Waals surface area contributed by atoms with E-state index in [-0.39, 0.29) is 0 Å². The summed E-state index contributed by atoms with van der Waals surface area (Å²) >= 11 is 3.64. The fourth-order valence-electron chi connectivity index (χ4n) is 2.10. The molecule has 2 nitrogen and oxygen atoms in total. The Morgan fingerprint density at radius 3 is 2.89 bits per heavy atom. The molecule has 0 aliphatic rings. The highest BCUT2D eigenvalue weighted by molar-refractivity contribution is 7.10. The average Bonchev–Trinajstić information content (AvgIpc) is 3.04. The minimum atomic E-state index is 0.549. The maximum atomic E-state index is 4.58. The van der Waals surface area contributed by atoms with Crippen LogP contribution in [0, 0.1) is 6.92 Å². The van der Waals surface area contributed by atoms with Gasteiger partial charge in [-0.3, -0.25) is 0 Å². The van der Waals surface area contributed by atoms with Gasteiger partial charge in [0.15, 0.2) is 0 Å². The van der Waals surface area contributed by atoms with Crippen molar-refractivity contribution in [2.24, 2.45) is 0 Å². The van der Waals surface area contributed by atoms with Crippen LogP contribution in [0.3, 0.4) is 0 Å². The first-order valence-corrected chi connectivity index (χ1v) is 8.70. The van der Waals surface area contributed by atoms with Gasteiger partial charge in [0, 0.05) is 28.4 Å². The molecule has 0 saturated heterocycles. The fourth-order valence-corrected chi connectivity index (χ4v) is 3.68. The number of rotatable bonds is 8. The summed E-state index contributed by atoms with van der Waals surface area (Å²) in [7, 11) is 0. The third-order valence-corrected chi connectivity index (χ3v) is 5.02. The van der Waals surface area contributed by atoms with Gasteiger partial charge in [-0.25, -0.2) is 4.98 Å². The van der Waals surface area contributed by atoms with E-state index in [0.29, 0.717) is 6.04 Å². The zero-order valence-electron chi connectivity index (χ0n) is 11.7. The summed E-state index contributed by atoms with van der Waals surface area (Å²) in [5.74, 6) is 0. The number of aromatic nitrogens is 1. The van der Waals surface area contributed by atoms with Crippen LogP contribution < -0.4 is 5.32 Å². The van der Waals surface area contributed by atoms with Crippen LogP contribution in [0.15, 0.2) is 22.9 Å². The Hall–Kier alpha value is -0.710. The third-order valence-electron chi connectivity index (χ3n) is 3.09. The topological polar surface area (TPSA) is 24.9 Å². The Morgan fingerprint density at radius 2 is 2.26 bits per heavy atom. The molecule has 0 aromatic carbocycles. The van der Waals surface area contributed by atoms with Crippen molar-refractivity contribution >= 4 is 22.7 Å². The maximum absolute atomic E-state index is 4.58. The van der Waals surface area contributed by atoms with E-state index in [9.17, 15) is 0 Å². The molecule has 0 aliphatic heterocycles. The number of thiophene rings is 1. The van der Waals surface area contributed by atoms with Crippen LogP contribution in [0.1, 0.15) is 35.3 Å². The van der Waals surface area contributed by atoms with Gasteiger partial charge in [0.2, 0.25) is 0 Å². The SMILES string of the molecule is CCCNC(CCc1cccs1)Cc1nc(C)cs1. The second-order valence-electron chi connectivity index (χ2n) is 4.86. The van der Waals surface area contributed by atoms with Gasteiger partial charge in [-0.2, -0.15) is 0 Å². The molecule has 2 heterocycles. The number of hydrogen-bond donors (Lipinski definition) is 1. The first kappa shape index (κ1) is 14.7. The molecule has 2 aromatic rings. The van der Waals surface area contributed by atoms with Crippen molar-refractivity contribution in [2.45, 2.75) is 45.6 Å². The molecule has 19 heavy (non-hydrogen) atoms. The molecule has 0 radical (unpaired) electrons. The largest absolute Gasteiger partial charge is 0.314 e. The summed E-state index contributed by atoms with van der Waals surface area (Å²) < 4.78 is 0. The highest BCUT2D eigenvalue weighted by atomic mass is 32.1. The Labute approximate surface area is 123 Å². The van der Waals surface area contributed by atoms with Crippen molar-refractivity contribution < 1.29 is 0 Å². The minimum absolute atomic E-state index is 0.549. The van der Waals surface area contributed by atoms with Crippen molar-refractivity contribution in [1.82, 2.24) is 10.3 Å². The summed E-state index contributed by atoms with van der Waals surface area (Å²) in [5.41, 5.74) is 1.15. The standard InChI is InChI=1S/C15H22N2S2/c1-3-8-16-13(6-7-14-5-4-9-18-14)10-15-17-12(2)11-19-15/h4-5,9,11,13,16H,3,6-8,10H2,1-2H3. The molecule has 1 atom stereocenters. The number of hydrogen-bond acceptors (Lipinski definition) is 4. The summed E-state index contributed by atoms with van der Waals surface area (Å²) in [6.07, 6.45) is 4.61. The molecule has 2 aromatic heterocycles. The molecule has 0 spiro atoms. The van der Waals surface area contributed by atoms with Gasteiger partial charge < -0.3 is 5.32 Å². The predicted octanol–water partition coefficient (Wildman–Crippen LogP) is 4.06. The molecule has 2 rings (SSSR count). The van der Waals surface area contributed by atoms with E-state index >= 15 is 0 Å². The average molecular weight is 294 g/mol. The molecule has 1 unspecified atom stereocenters. The lowest BCUT2D eigenvalue weighted by Gasteiger charge is -2.17. The summed E-state index contributed by atoms with van der Waals surface area (Å²) in [6, 6.07) is 4.92. The third kappa shape index (κ3) is 5.05. The molecule has 0 fully saturated rings. The molecule has 0 bridgehead atoms. The van der Waals surface area contributed by atoms with Gasteiger partial charge in [0.25, 0.3) is 0 Å². The van der Waals surface area contributed by atoms with Crippen molar-refractivity contribution in [1.29, 1.82) is 0 Å². The van der Waals surface area contributed by atoms with Crippen LogP contribution in [0.25, 0.3) is 0 Å². The molecule has 1 N–H and O–H groups in total. The Kier molecular flexibility index (Phi) is 6.01. The molecule has 0 amide bonds. The normalized spacial score (nSPS) is 12.7. The second-order valence-corrected chi connectivity index (χ2v) is 6.83. The van der Waals surface area contributed by atoms with E-state index in [2.05, 4.69) is 47.0 Å². The first-order valence-electron chi connectivity index (χ1n) is 6.94. The smallest absolute Gasteiger partial charge is 0.0943 e. The molecule has 0 saturated carbocycles. The monoisotopic (exact) mass is 294 g/mol. The van der Waals surface area contributed by atoms with Gasteiger partial charge in [-0.05, 0) is 44.2 Å². The van der Waals surface area contributed by atoms with Crippen LogP contribution in [-0.4, -0.2) is 17.6 Å². The number of thiazole rings is 1. The van der Waals surface area contributed by atoms with Crippen LogP contribution >= 0.6 is 22.7 Å². The quantitative estimate of drug-likeness (QED) is 0.794. The number of aryl methyl sites for hydroxylation is 2. The lowest BCUT2D eigenvalue weighted by Crippen LogP contribution is -2.32. The number of nitrogens with zero attached hydrogens (tertiary/aromatic N) is 1. The molecular weight excluding hydrogens is 272 g/mol. The van der Waals surface area contributed by atoms with E-state index in [0.717, 1.165) is 18.7 Å². The highest BCUT2D eigenvalue weighted by Crippen LogP contribution is 2.16. The van der Waals surface area contributed by atoms with Crippen LogP contribution in [-0.2, 0) is 12.8 Å². The van der Waals surface area contributed by atoms with Crippen molar-refractivity contribution in [3.8, 4) is 0 Å². The summed E-state index contributed by atoms with van der Waals surface area (Å²) in [6.45, 7) is 5.39. The van der Waals surface area contributed by atoms with E-state index < -0.39 is 0 Å². The maximum Gasteiger partial charge on any atom is 0.0943 e. The van der Waals surface area contributed by atoms with Gasteiger partial charge in [-0.15, -0.1) is 22.7 Å². The summed E-state index contributed by atoms with van der Waals surface area (Å²) in [5, 5.41) is 9.23. The van der Waals surface area contributed by atoms with Crippen molar-refractivity contribution in [2.75, 3.05) is 6.54 Å². The van der Waals surface area contributed by atoms with Gasteiger partial charge >= 0.3 is 0 Å². The van der Waals surface area contributed by atoms with Crippen molar-refractivity contribution in [3.63, 3.8) is 0 Å². The number of nitrogens with one attached hydrogen (secondary N) is 1. The lowest BCUT2D eigenvalue weighted by atomic mass is 10.1. The second kappa shape index (κ2) is 7.78. The Bertz CT molecular complexity index is 462. The highest BCUT2D eigenvalue weighted by Gasteiger charge is 2.11. The minimum Gasteiger partial charge on any atom is -0.314 e. The lowest BCUT2D eigenvalue weighted by molar-refractivity contribution is 0.478. The molecule has 0 aliphatic carbocycles. The first-order chi connectivity index (χ1) is 9.28. The molecular formula is C15H22N2S2. The van der Waals surface area contributed by atoms with Gasteiger partial charge in [-0.1, -0.05) is 13.0 Å². The van der Waals surface area contributed by atoms with E-state index in [1.54, 1.807) is 11.3 Å². The Morgan fingerprint density at radius 1 is 1.37 bits per heavy atom.